The third kappa shape index (κ3) is 9.51. The first-order valence-corrected chi connectivity index (χ1v) is 24.0. The molecule has 2 heteroatoms. The zero-order valence-corrected chi connectivity index (χ0v) is 37.0. The van der Waals surface area contributed by atoms with Crippen molar-refractivity contribution >= 4 is 37.1 Å². The lowest BCUT2D eigenvalue weighted by Gasteiger charge is -2.50. The van der Waals surface area contributed by atoms with E-state index >= 15 is 0 Å². The molecule has 0 N–H and O–H groups in total. The maximum absolute atomic E-state index is 2.70. The highest BCUT2D eigenvalue weighted by atomic mass is 31.1. The summed E-state index contributed by atoms with van der Waals surface area (Å²) in [5, 5.41) is 6.40. The van der Waals surface area contributed by atoms with Crippen LogP contribution in [0.4, 0.5) is 0 Å². The van der Waals surface area contributed by atoms with Crippen molar-refractivity contribution in [1.29, 1.82) is 0 Å². The molecule has 0 amide bonds. The second-order valence-corrected chi connectivity index (χ2v) is 20.4. The van der Waals surface area contributed by atoms with Crippen LogP contribution in [0.5, 0.6) is 0 Å². The molecule has 282 valence electrons. The number of hydrogen-bond donors (Lipinski definition) is 0. The van der Waals surface area contributed by atoms with Gasteiger partial charge in [-0.05, 0) is 163 Å². The van der Waals surface area contributed by atoms with Crippen LogP contribution in [0.15, 0.2) is 72.8 Å². The van der Waals surface area contributed by atoms with E-state index in [-0.39, 0.29) is 5.41 Å². The van der Waals surface area contributed by atoms with E-state index < -0.39 is 15.8 Å². The van der Waals surface area contributed by atoms with Gasteiger partial charge in [0.25, 0.3) is 0 Å². The van der Waals surface area contributed by atoms with Crippen LogP contribution in [-0.4, -0.2) is 11.3 Å². The third-order valence-electron chi connectivity index (χ3n) is 12.3. The van der Waals surface area contributed by atoms with E-state index in [1.807, 2.05) is 0 Å². The van der Waals surface area contributed by atoms with Gasteiger partial charge in [0.05, 0.1) is 0 Å². The van der Waals surface area contributed by atoms with E-state index in [4.69, 9.17) is 0 Å². The SMILES string of the molecule is CCCC(CC)(C(C)P(c1cc(CC)cc(CC)c1)c1cc(CC)cc(CC)c1)C(C)P(c1cc(CC)cc(CC)c1)c1cc(CC)cc(CC)c1. The summed E-state index contributed by atoms with van der Waals surface area (Å²) in [4.78, 5) is 0. The molecule has 0 aliphatic heterocycles. The van der Waals surface area contributed by atoms with Crippen LogP contribution in [0.3, 0.4) is 0 Å². The Morgan fingerprint density at radius 3 is 0.731 bits per heavy atom. The minimum absolute atomic E-state index is 0.165. The minimum Gasteiger partial charge on any atom is -0.0654 e. The van der Waals surface area contributed by atoms with Crippen LogP contribution in [0, 0.1) is 5.41 Å². The first-order valence-electron chi connectivity index (χ1n) is 21.2. The first-order chi connectivity index (χ1) is 25.1. The van der Waals surface area contributed by atoms with Gasteiger partial charge in [-0.2, -0.15) is 0 Å². The first kappa shape index (κ1) is 42.5. The van der Waals surface area contributed by atoms with Crippen molar-refractivity contribution in [3.05, 3.63) is 117 Å². The van der Waals surface area contributed by atoms with Crippen molar-refractivity contribution in [3.63, 3.8) is 0 Å². The maximum Gasteiger partial charge on any atom is -0.00945 e. The smallest absolute Gasteiger partial charge is 0.00945 e. The Labute approximate surface area is 323 Å². The molecule has 4 rings (SSSR count). The molecule has 0 radical (unpaired) electrons. The second-order valence-electron chi connectivity index (χ2n) is 15.3. The van der Waals surface area contributed by atoms with Gasteiger partial charge < -0.3 is 0 Å². The predicted molar refractivity (Wildman–Crippen MR) is 240 cm³/mol. The van der Waals surface area contributed by atoms with Gasteiger partial charge in [-0.3, -0.25) is 0 Å². The molecule has 0 aromatic heterocycles. The average molecular weight is 735 g/mol. The molecular weight excluding hydrogens is 662 g/mol. The molecule has 0 aliphatic carbocycles. The van der Waals surface area contributed by atoms with Crippen molar-refractivity contribution in [3.8, 4) is 0 Å². The second kappa shape index (κ2) is 19.9. The van der Waals surface area contributed by atoms with E-state index in [2.05, 4.69) is 156 Å². The van der Waals surface area contributed by atoms with Gasteiger partial charge in [-0.15, -0.1) is 0 Å². The summed E-state index contributed by atoms with van der Waals surface area (Å²) in [5.74, 6) is 0. The summed E-state index contributed by atoms with van der Waals surface area (Å²) in [5.41, 5.74) is 13.2. The monoisotopic (exact) mass is 735 g/mol. The molecule has 0 bridgehead atoms. The summed E-state index contributed by atoms with van der Waals surface area (Å²) in [6, 6.07) is 30.8. The van der Waals surface area contributed by atoms with Gasteiger partial charge in [-0.25, -0.2) is 0 Å². The fourth-order valence-electron chi connectivity index (χ4n) is 8.87. The van der Waals surface area contributed by atoms with Crippen molar-refractivity contribution in [2.75, 3.05) is 0 Å². The van der Waals surface area contributed by atoms with E-state index in [1.54, 1.807) is 21.2 Å². The molecule has 0 saturated heterocycles. The van der Waals surface area contributed by atoms with Gasteiger partial charge in [0.2, 0.25) is 0 Å². The zero-order valence-electron chi connectivity index (χ0n) is 35.3. The van der Waals surface area contributed by atoms with Gasteiger partial charge >= 0.3 is 0 Å². The zero-order chi connectivity index (χ0) is 38.0. The maximum atomic E-state index is 2.70. The Hall–Kier alpha value is -2.26. The van der Waals surface area contributed by atoms with E-state index in [0.717, 1.165) is 51.4 Å². The Morgan fingerprint density at radius 2 is 0.577 bits per heavy atom. The normalized spacial score (nSPS) is 14.2. The van der Waals surface area contributed by atoms with Crippen LogP contribution in [-0.2, 0) is 51.4 Å². The van der Waals surface area contributed by atoms with Crippen LogP contribution < -0.4 is 21.2 Å². The minimum atomic E-state index is -0.627. The molecule has 0 heterocycles. The standard InChI is InChI=1S/C50H72P2/c1-13-23-50(22-10,36(11)51(46-28-38(14-2)24-39(15-3)29-46)47-30-40(16-4)25-41(17-5)31-47)37(12)52(48-32-42(18-6)26-43(19-7)33-48)49-34-44(20-8)27-45(21-9)35-49/h24-37H,13-23H2,1-12H3. The molecule has 0 saturated carbocycles. The Kier molecular flexibility index (Phi) is 16.2. The largest absolute Gasteiger partial charge is 0.0654 e. The molecule has 0 aliphatic rings. The fourth-order valence-corrected chi connectivity index (χ4v) is 15.9. The molecule has 0 spiro atoms. The quantitative estimate of drug-likeness (QED) is 0.0842. The van der Waals surface area contributed by atoms with Gasteiger partial charge in [0.15, 0.2) is 0 Å². The number of hydrogen-bond acceptors (Lipinski definition) is 0. The Morgan fingerprint density at radius 1 is 0.365 bits per heavy atom. The molecule has 2 atom stereocenters. The summed E-state index contributed by atoms with van der Waals surface area (Å²) in [6.45, 7) is 29.1. The lowest BCUT2D eigenvalue weighted by Crippen LogP contribution is -2.45. The summed E-state index contributed by atoms with van der Waals surface area (Å²) < 4.78 is 0. The van der Waals surface area contributed by atoms with Crippen molar-refractivity contribution in [2.24, 2.45) is 5.41 Å². The number of aryl methyl sites for hydroxylation is 8. The Balaban J connectivity index is 2.08. The highest BCUT2D eigenvalue weighted by Crippen LogP contribution is 2.60. The van der Waals surface area contributed by atoms with Crippen LogP contribution >= 0.6 is 15.8 Å². The van der Waals surface area contributed by atoms with E-state index in [9.17, 15) is 0 Å². The van der Waals surface area contributed by atoms with Crippen molar-refractivity contribution in [2.45, 2.75) is 165 Å². The molecule has 52 heavy (non-hydrogen) atoms. The lowest BCUT2D eigenvalue weighted by molar-refractivity contribution is 0.241. The van der Waals surface area contributed by atoms with E-state index in [0.29, 0.717) is 11.3 Å². The van der Waals surface area contributed by atoms with Gasteiger partial charge in [0, 0.05) is 0 Å². The molecule has 0 nitrogen and oxygen atoms in total. The van der Waals surface area contributed by atoms with Gasteiger partial charge in [-0.1, -0.05) is 162 Å². The van der Waals surface area contributed by atoms with Crippen molar-refractivity contribution in [1.82, 2.24) is 0 Å². The number of benzene rings is 4. The molecule has 4 aromatic carbocycles. The van der Waals surface area contributed by atoms with Gasteiger partial charge in [0.1, 0.15) is 0 Å². The van der Waals surface area contributed by atoms with Crippen LogP contribution in [0.2, 0.25) is 0 Å². The van der Waals surface area contributed by atoms with E-state index in [1.165, 1.54) is 63.8 Å². The predicted octanol–water partition coefficient (Wildman–Crippen LogP) is 12.7. The molecule has 2 unspecified atom stereocenters. The topological polar surface area (TPSA) is 0 Å². The molecular formula is C50H72P2. The average Bonchev–Trinajstić information content (AvgIpc) is 3.19. The van der Waals surface area contributed by atoms with Crippen LogP contribution in [0.25, 0.3) is 0 Å². The summed E-state index contributed by atoms with van der Waals surface area (Å²) in [7, 11) is -1.25. The molecule has 0 fully saturated rings. The lowest BCUT2D eigenvalue weighted by atomic mass is 9.75. The highest BCUT2D eigenvalue weighted by molar-refractivity contribution is 7.74. The molecule has 4 aromatic rings. The van der Waals surface area contributed by atoms with Crippen LogP contribution in [0.1, 0.15) is 147 Å². The summed E-state index contributed by atoms with van der Waals surface area (Å²) in [6.07, 6.45) is 12.4. The van der Waals surface area contributed by atoms with Crippen molar-refractivity contribution < 1.29 is 0 Å². The highest BCUT2D eigenvalue weighted by Gasteiger charge is 2.47. The number of rotatable bonds is 19. The summed E-state index contributed by atoms with van der Waals surface area (Å²) >= 11 is 0. The third-order valence-corrected chi connectivity index (χ3v) is 18.2. The Bertz CT molecular complexity index is 1410. The fraction of sp³-hybridized carbons (Fsp3) is 0.520.